The minimum absolute atomic E-state index is 0.0327. The van der Waals surface area contributed by atoms with E-state index < -0.39 is 0 Å². The fraction of sp³-hybridized carbons (Fsp3) is 0.250. The van der Waals surface area contributed by atoms with Gasteiger partial charge in [-0.2, -0.15) is 0 Å². The molecule has 0 saturated heterocycles. The minimum Gasteiger partial charge on any atom is -0.350 e. The van der Waals surface area contributed by atoms with Crippen molar-refractivity contribution in [2.75, 3.05) is 11.1 Å². The summed E-state index contributed by atoms with van der Waals surface area (Å²) in [6, 6.07) is 15.6. The maximum atomic E-state index is 12.8. The van der Waals surface area contributed by atoms with Crippen LogP contribution in [0.3, 0.4) is 0 Å². The zero-order valence-electron chi connectivity index (χ0n) is 18.3. The first-order chi connectivity index (χ1) is 15.5. The third kappa shape index (κ3) is 4.45. The quantitative estimate of drug-likeness (QED) is 0.326. The number of anilines is 1. The van der Waals surface area contributed by atoms with Crippen molar-refractivity contribution in [3.63, 3.8) is 0 Å². The molecule has 0 aliphatic rings. The largest absolute Gasteiger partial charge is 0.350 e. The lowest BCUT2D eigenvalue weighted by Gasteiger charge is -2.09. The molecule has 164 valence electrons. The van der Waals surface area contributed by atoms with Gasteiger partial charge in [-0.1, -0.05) is 55.1 Å². The summed E-state index contributed by atoms with van der Waals surface area (Å²) in [5.41, 5.74) is 3.63. The average molecular weight is 448 g/mol. The van der Waals surface area contributed by atoms with Gasteiger partial charge in [0.2, 0.25) is 5.91 Å². The van der Waals surface area contributed by atoms with E-state index in [0.29, 0.717) is 16.5 Å². The number of Topliss-reactive ketones (excluding diaryl/α,β-unsaturated/α-hetero) is 1. The number of rotatable bonds is 8. The zero-order chi connectivity index (χ0) is 22.7. The molecular formula is C24H25N5O2S. The van der Waals surface area contributed by atoms with Gasteiger partial charge >= 0.3 is 0 Å². The van der Waals surface area contributed by atoms with Crippen LogP contribution in [-0.2, 0) is 31.7 Å². The predicted octanol–water partition coefficient (Wildman–Crippen LogP) is 4.03. The predicted molar refractivity (Wildman–Crippen MR) is 127 cm³/mol. The Morgan fingerprint density at radius 2 is 1.78 bits per heavy atom. The van der Waals surface area contributed by atoms with Crippen LogP contribution >= 0.6 is 11.8 Å². The second-order valence-corrected chi connectivity index (χ2v) is 8.52. The number of ketones is 1. The van der Waals surface area contributed by atoms with E-state index in [-0.39, 0.29) is 23.9 Å². The number of aromatic nitrogens is 4. The summed E-state index contributed by atoms with van der Waals surface area (Å²) in [7, 11) is 3.75. The molecule has 0 radical (unpaired) electrons. The molecule has 0 fully saturated rings. The van der Waals surface area contributed by atoms with Gasteiger partial charge < -0.3 is 14.5 Å². The molecule has 0 aliphatic carbocycles. The molecule has 0 unspecified atom stereocenters. The first kappa shape index (κ1) is 21.8. The molecule has 4 rings (SSSR count). The Morgan fingerprint density at radius 1 is 1.03 bits per heavy atom. The van der Waals surface area contributed by atoms with E-state index in [0.717, 1.165) is 28.6 Å². The summed E-state index contributed by atoms with van der Waals surface area (Å²) >= 11 is 1.32. The van der Waals surface area contributed by atoms with Gasteiger partial charge in [0.1, 0.15) is 5.82 Å². The SMILES string of the molecule is CCc1ccccc1NC(=O)Cc1nnc(SCC(=O)c2cn(C)c3ccccc23)n1C. The smallest absolute Gasteiger partial charge is 0.232 e. The molecule has 0 bridgehead atoms. The molecule has 0 aliphatic heterocycles. The van der Waals surface area contributed by atoms with E-state index in [9.17, 15) is 9.59 Å². The van der Waals surface area contributed by atoms with Crippen LogP contribution in [0.4, 0.5) is 5.69 Å². The number of nitrogens with one attached hydrogen (secondary N) is 1. The topological polar surface area (TPSA) is 81.8 Å². The Balaban J connectivity index is 1.40. The Kier molecular flexibility index (Phi) is 6.41. The number of amides is 1. The highest BCUT2D eigenvalue weighted by Gasteiger charge is 2.18. The van der Waals surface area contributed by atoms with Gasteiger partial charge in [-0.05, 0) is 24.1 Å². The summed E-state index contributed by atoms with van der Waals surface area (Å²) in [4.78, 5) is 25.4. The van der Waals surface area contributed by atoms with E-state index in [1.54, 1.807) is 4.57 Å². The van der Waals surface area contributed by atoms with Crippen LogP contribution in [0, 0.1) is 0 Å². The molecule has 2 aromatic heterocycles. The number of carbonyl (C=O) groups excluding carboxylic acids is 2. The lowest BCUT2D eigenvalue weighted by molar-refractivity contribution is -0.115. The summed E-state index contributed by atoms with van der Waals surface area (Å²) in [6.45, 7) is 2.05. The Bertz CT molecular complexity index is 1290. The fourth-order valence-electron chi connectivity index (χ4n) is 3.68. The Hall–Kier alpha value is -3.39. The van der Waals surface area contributed by atoms with Gasteiger partial charge in [-0.3, -0.25) is 9.59 Å². The standard InChI is InChI=1S/C24H25N5O2S/c1-4-16-9-5-7-11-19(16)25-23(31)13-22-26-27-24(29(22)3)32-15-21(30)18-14-28(2)20-12-8-6-10-17(18)20/h5-12,14H,4,13,15H2,1-3H3,(H,25,31). The number of thioether (sulfide) groups is 1. The molecular weight excluding hydrogens is 422 g/mol. The van der Waals surface area contributed by atoms with Gasteiger partial charge in [0.15, 0.2) is 10.9 Å². The lowest BCUT2D eigenvalue weighted by Crippen LogP contribution is -2.18. The number of benzene rings is 2. The average Bonchev–Trinajstić information content (AvgIpc) is 3.32. The molecule has 0 atom stereocenters. The molecule has 7 nitrogen and oxygen atoms in total. The first-order valence-corrected chi connectivity index (χ1v) is 11.4. The minimum atomic E-state index is -0.148. The monoisotopic (exact) mass is 447 g/mol. The molecule has 1 N–H and O–H groups in total. The van der Waals surface area contributed by atoms with Gasteiger partial charge in [0.05, 0.1) is 12.2 Å². The van der Waals surface area contributed by atoms with Crippen LogP contribution in [0.25, 0.3) is 10.9 Å². The highest BCUT2D eigenvalue weighted by Crippen LogP contribution is 2.24. The molecule has 4 aromatic rings. The normalized spacial score (nSPS) is 11.1. The van der Waals surface area contributed by atoms with Crippen molar-refractivity contribution in [2.45, 2.75) is 24.9 Å². The van der Waals surface area contributed by atoms with Crippen molar-refractivity contribution in [1.29, 1.82) is 0 Å². The van der Waals surface area contributed by atoms with E-state index in [1.165, 1.54) is 11.8 Å². The molecule has 0 spiro atoms. The van der Waals surface area contributed by atoms with Crippen molar-refractivity contribution in [3.05, 3.63) is 71.7 Å². The van der Waals surface area contributed by atoms with E-state index in [1.807, 2.05) is 73.4 Å². The summed E-state index contributed by atoms with van der Waals surface area (Å²) in [6.07, 6.45) is 2.82. The maximum absolute atomic E-state index is 12.8. The molecule has 2 heterocycles. The molecule has 1 amide bonds. The number of fused-ring (bicyclic) bond motifs is 1. The summed E-state index contributed by atoms with van der Waals surface area (Å²) in [5.74, 6) is 0.683. The molecule has 32 heavy (non-hydrogen) atoms. The van der Waals surface area contributed by atoms with Crippen LogP contribution in [0.1, 0.15) is 28.7 Å². The van der Waals surface area contributed by atoms with Crippen molar-refractivity contribution >= 4 is 40.0 Å². The van der Waals surface area contributed by atoms with Gasteiger partial charge in [0.25, 0.3) is 0 Å². The Morgan fingerprint density at radius 3 is 2.59 bits per heavy atom. The number of para-hydroxylation sites is 2. The molecule has 0 saturated carbocycles. The third-order valence-electron chi connectivity index (χ3n) is 5.45. The Labute approximate surface area is 190 Å². The number of hydrogen-bond acceptors (Lipinski definition) is 5. The zero-order valence-corrected chi connectivity index (χ0v) is 19.1. The van der Waals surface area contributed by atoms with Crippen molar-refractivity contribution < 1.29 is 9.59 Å². The number of carbonyl (C=O) groups is 2. The highest BCUT2D eigenvalue weighted by atomic mass is 32.2. The van der Waals surface area contributed by atoms with E-state index in [2.05, 4.69) is 22.4 Å². The van der Waals surface area contributed by atoms with Gasteiger partial charge in [-0.15, -0.1) is 10.2 Å². The number of nitrogens with zero attached hydrogens (tertiary/aromatic N) is 4. The number of hydrogen-bond donors (Lipinski definition) is 1. The second kappa shape index (κ2) is 9.40. The van der Waals surface area contributed by atoms with Crippen molar-refractivity contribution in [1.82, 2.24) is 19.3 Å². The number of aryl methyl sites for hydroxylation is 2. The third-order valence-corrected chi connectivity index (χ3v) is 6.47. The van der Waals surface area contributed by atoms with Crippen LogP contribution in [0.5, 0.6) is 0 Å². The van der Waals surface area contributed by atoms with Crippen LogP contribution in [0.15, 0.2) is 59.9 Å². The summed E-state index contributed by atoms with van der Waals surface area (Å²) in [5, 5.41) is 12.9. The summed E-state index contributed by atoms with van der Waals surface area (Å²) < 4.78 is 3.73. The lowest BCUT2D eigenvalue weighted by atomic mass is 10.1. The van der Waals surface area contributed by atoms with Crippen LogP contribution in [0.2, 0.25) is 0 Å². The molecule has 8 heteroatoms. The van der Waals surface area contributed by atoms with Crippen molar-refractivity contribution in [3.8, 4) is 0 Å². The van der Waals surface area contributed by atoms with Gasteiger partial charge in [0, 0.05) is 42.4 Å². The maximum Gasteiger partial charge on any atom is 0.232 e. The van der Waals surface area contributed by atoms with Crippen molar-refractivity contribution in [2.24, 2.45) is 14.1 Å². The van der Waals surface area contributed by atoms with Crippen LogP contribution in [-0.4, -0.2) is 36.8 Å². The second-order valence-electron chi connectivity index (χ2n) is 7.58. The van der Waals surface area contributed by atoms with Crippen LogP contribution < -0.4 is 5.32 Å². The fourth-order valence-corrected chi connectivity index (χ4v) is 4.50. The van der Waals surface area contributed by atoms with E-state index in [4.69, 9.17) is 0 Å². The highest BCUT2D eigenvalue weighted by molar-refractivity contribution is 7.99. The molecule has 2 aromatic carbocycles. The van der Waals surface area contributed by atoms with E-state index >= 15 is 0 Å². The first-order valence-electron chi connectivity index (χ1n) is 10.4. The van der Waals surface area contributed by atoms with Gasteiger partial charge in [-0.25, -0.2) is 0 Å².